The van der Waals surface area contributed by atoms with Crippen LogP contribution in [0.2, 0.25) is 0 Å². The number of hydrogen-bond acceptors (Lipinski definition) is 11. The Morgan fingerprint density at radius 3 is 2.51 bits per heavy atom. The van der Waals surface area contributed by atoms with Crippen LogP contribution in [-0.2, 0) is 48.1 Å². The van der Waals surface area contributed by atoms with Gasteiger partial charge in [-0.05, 0) is 111 Å². The number of benzene rings is 2. The summed E-state index contributed by atoms with van der Waals surface area (Å²) in [5, 5.41) is 16.8. The second kappa shape index (κ2) is 21.1. The van der Waals surface area contributed by atoms with Gasteiger partial charge in [0.15, 0.2) is 0 Å². The Balaban J connectivity index is 1.26. The predicted octanol–water partition coefficient (Wildman–Crippen LogP) is 5.16. The number of phenolic OH excluding ortho intramolecular Hbond substituents is 1. The van der Waals surface area contributed by atoms with E-state index in [1.54, 1.807) is 30.4 Å². The molecule has 5 heterocycles. The number of likely N-dealkylation sites (N-methyl/N-ethyl adjacent to an activating group) is 1. The van der Waals surface area contributed by atoms with E-state index >= 15 is 0 Å². The summed E-state index contributed by atoms with van der Waals surface area (Å²) in [6.45, 7) is 16.2. The van der Waals surface area contributed by atoms with Crippen LogP contribution >= 0.6 is 0 Å². The summed E-state index contributed by atoms with van der Waals surface area (Å²) in [6, 6.07) is 8.50. The molecule has 2 saturated heterocycles. The number of nitrogens with one attached hydrogen (secondary N) is 2. The van der Waals surface area contributed by atoms with Gasteiger partial charge in [0.05, 0.1) is 30.5 Å². The van der Waals surface area contributed by atoms with E-state index < -0.39 is 47.2 Å². The Bertz CT molecular complexity index is 2660. The van der Waals surface area contributed by atoms with Gasteiger partial charge in [-0.15, -0.1) is 0 Å². The number of hydrazine groups is 1. The molecule has 3 aliphatic rings. The number of nitrogens with zero attached hydrogens (tertiary/aromatic N) is 7. The average Bonchev–Trinajstić information content (AvgIpc) is 3.92. The number of esters is 1. The number of phenols is 1. The lowest BCUT2D eigenvalue weighted by molar-refractivity contribution is -0.155. The molecule has 7 rings (SSSR count). The molecule has 4 atom stereocenters. The Morgan fingerprint density at radius 1 is 1.03 bits per heavy atom. The lowest BCUT2D eigenvalue weighted by Gasteiger charge is -2.37. The Labute approximate surface area is 406 Å². The fourth-order valence-corrected chi connectivity index (χ4v) is 10.1. The van der Waals surface area contributed by atoms with Crippen LogP contribution in [-0.4, -0.2) is 141 Å². The summed E-state index contributed by atoms with van der Waals surface area (Å²) in [6.07, 6.45) is 5.38. The number of fused-ring (bicyclic) bond motifs is 6. The monoisotopic (exact) mass is 944 g/mol. The number of likely N-dealkylation sites (tertiary alicyclic amines) is 1. The van der Waals surface area contributed by atoms with E-state index in [0.717, 1.165) is 44.5 Å². The van der Waals surface area contributed by atoms with E-state index in [1.165, 1.54) is 9.91 Å². The van der Waals surface area contributed by atoms with Gasteiger partial charge in [-0.2, -0.15) is 0 Å². The van der Waals surface area contributed by atoms with Crippen LogP contribution < -0.4 is 10.7 Å². The van der Waals surface area contributed by atoms with E-state index in [0.29, 0.717) is 50.9 Å². The van der Waals surface area contributed by atoms with Crippen LogP contribution in [0.25, 0.3) is 33.3 Å². The van der Waals surface area contributed by atoms with Crippen LogP contribution in [0.3, 0.4) is 0 Å². The largest absolute Gasteiger partial charge is 0.508 e. The Kier molecular flexibility index (Phi) is 15.5. The van der Waals surface area contributed by atoms with Gasteiger partial charge < -0.3 is 29.5 Å². The molecular formula is C53H69N9O7. The molecule has 1 unspecified atom stereocenters. The number of rotatable bonds is 9. The maximum Gasteiger partial charge on any atom is 0.324 e. The number of carbonyl (C=O) groups is 5. The number of aromatic nitrogens is 3. The van der Waals surface area contributed by atoms with Crippen LogP contribution in [0.1, 0.15) is 90.5 Å². The molecule has 0 radical (unpaired) electrons. The van der Waals surface area contributed by atoms with Gasteiger partial charge in [0.1, 0.15) is 30.2 Å². The van der Waals surface area contributed by atoms with Crippen molar-refractivity contribution in [1.82, 2.24) is 45.0 Å². The normalized spacial score (nSPS) is 20.1. The minimum Gasteiger partial charge on any atom is -0.508 e. The summed E-state index contributed by atoms with van der Waals surface area (Å²) in [5.41, 5.74) is 9.68. The van der Waals surface area contributed by atoms with Crippen molar-refractivity contribution in [2.45, 2.75) is 111 Å². The van der Waals surface area contributed by atoms with Crippen molar-refractivity contribution in [1.29, 1.82) is 0 Å². The first-order chi connectivity index (χ1) is 32.8. The number of aromatic hydroxyl groups is 1. The second-order valence-electron chi connectivity index (χ2n) is 20.6. The van der Waals surface area contributed by atoms with E-state index in [9.17, 15) is 29.1 Å². The number of cyclic esters (lactones) is 1. The molecule has 16 nitrogen and oxygen atoms in total. The third-order valence-electron chi connectivity index (χ3n) is 13.5. The fraction of sp³-hybridized carbons (Fsp3) is 0.528. The van der Waals surface area contributed by atoms with Crippen LogP contribution in [0.15, 0.2) is 48.9 Å². The first kappa shape index (κ1) is 50.6. The topological polar surface area (TPSA) is 183 Å². The number of hydrogen-bond donors (Lipinski definition) is 3. The molecule has 69 heavy (non-hydrogen) atoms. The SMILES string of the molecule is CCn1c(-c2cncnc2C(C)C)c2c3cc(ccc31)-c1cc(O)cc(c1)C[C@H](NC(=O)C(C(C)C)N(C)C(=O)[C@H]1CCN(C(=O)C#CCN(C)C)C1)C(=O)N1CCC[C@H](N1)C(=O)OCC(C)(C)C2. The number of ether oxygens (including phenoxy) is 1. The maximum atomic E-state index is 14.8. The molecule has 16 heteroatoms. The van der Waals surface area contributed by atoms with Gasteiger partial charge in [-0.3, -0.25) is 33.9 Å². The standard InChI is InChI=1S/C53H69N9O7/c1-11-61-44-17-16-35-26-39(44)40(48(61)41-28-54-31-55-46(41)32(2)3)27-53(6,7)30-69-52(68)42-14-12-20-62(57-42)51(67)43(24-34-22-37(35)25-38(63)23-34)56-49(65)47(33(4)5)59(10)50(66)36-18-21-60(29-36)45(64)15-13-19-58(8)9/h16-17,22-23,25-26,28,31-33,36,42-43,47,57,63H,11-12,14,18-21,24,27,29-30H2,1-10H3,(H,56,65)/t36-,42-,43-,47?/m0/s1. The zero-order chi connectivity index (χ0) is 49.9. The van der Waals surface area contributed by atoms with Crippen molar-refractivity contribution in [3.63, 3.8) is 0 Å². The molecule has 4 amide bonds. The van der Waals surface area contributed by atoms with Crippen molar-refractivity contribution in [3.8, 4) is 40.0 Å². The van der Waals surface area contributed by atoms with E-state index in [-0.39, 0.29) is 55.5 Å². The lowest BCUT2D eigenvalue weighted by atomic mass is 9.84. The van der Waals surface area contributed by atoms with Crippen LogP contribution in [0.5, 0.6) is 5.75 Å². The molecule has 6 bridgehead atoms. The maximum absolute atomic E-state index is 14.8. The van der Waals surface area contributed by atoms with Crippen LogP contribution in [0.4, 0.5) is 0 Å². The summed E-state index contributed by atoms with van der Waals surface area (Å²) >= 11 is 0. The summed E-state index contributed by atoms with van der Waals surface area (Å²) in [5.74, 6) is 2.63. The third-order valence-corrected chi connectivity index (χ3v) is 13.5. The van der Waals surface area contributed by atoms with E-state index in [1.807, 2.05) is 51.2 Å². The first-order valence-electron chi connectivity index (χ1n) is 24.3. The van der Waals surface area contributed by atoms with Crippen molar-refractivity contribution in [2.24, 2.45) is 17.3 Å². The molecule has 0 aliphatic carbocycles. The van der Waals surface area contributed by atoms with Crippen LogP contribution in [0, 0.1) is 29.1 Å². The lowest BCUT2D eigenvalue weighted by Crippen LogP contribution is -2.62. The molecule has 2 aromatic heterocycles. The molecule has 3 aliphatic heterocycles. The number of carbonyl (C=O) groups excluding carboxylic acids is 5. The van der Waals surface area contributed by atoms with Gasteiger partial charge in [0.25, 0.3) is 11.8 Å². The highest BCUT2D eigenvalue weighted by Crippen LogP contribution is 2.42. The van der Waals surface area contributed by atoms with Crippen molar-refractivity contribution < 1.29 is 33.8 Å². The minimum absolute atomic E-state index is 0.0113. The van der Waals surface area contributed by atoms with E-state index in [2.05, 4.69) is 78.9 Å². The van der Waals surface area contributed by atoms with E-state index in [4.69, 9.17) is 9.72 Å². The average molecular weight is 944 g/mol. The Morgan fingerprint density at radius 2 is 1.80 bits per heavy atom. The van der Waals surface area contributed by atoms with Gasteiger partial charge in [0, 0.05) is 67.7 Å². The van der Waals surface area contributed by atoms with Gasteiger partial charge in [-0.1, -0.05) is 59.6 Å². The molecular weight excluding hydrogens is 875 g/mol. The highest BCUT2D eigenvalue weighted by Gasteiger charge is 2.40. The van der Waals surface area contributed by atoms with Gasteiger partial charge in [0.2, 0.25) is 11.8 Å². The second-order valence-corrected chi connectivity index (χ2v) is 20.6. The molecule has 0 spiro atoms. The summed E-state index contributed by atoms with van der Waals surface area (Å²) in [4.78, 5) is 84.4. The molecule has 2 fully saturated rings. The van der Waals surface area contributed by atoms with Gasteiger partial charge in [-0.25, -0.2) is 15.4 Å². The predicted molar refractivity (Wildman–Crippen MR) is 264 cm³/mol. The smallest absolute Gasteiger partial charge is 0.324 e. The minimum atomic E-state index is -1.17. The number of amides is 4. The highest BCUT2D eigenvalue weighted by molar-refractivity contribution is 5.97. The first-order valence-corrected chi connectivity index (χ1v) is 24.3. The molecule has 2 aromatic carbocycles. The van der Waals surface area contributed by atoms with Gasteiger partial charge >= 0.3 is 5.97 Å². The number of aryl methyl sites for hydroxylation is 1. The Hall–Kier alpha value is -6.31. The van der Waals surface area contributed by atoms with Crippen molar-refractivity contribution in [3.05, 3.63) is 65.7 Å². The highest BCUT2D eigenvalue weighted by atomic mass is 16.5. The quantitative estimate of drug-likeness (QED) is 0.149. The molecule has 3 N–H and O–H groups in total. The van der Waals surface area contributed by atoms with Crippen molar-refractivity contribution >= 4 is 40.5 Å². The third kappa shape index (κ3) is 11.3. The van der Waals surface area contributed by atoms with Crippen molar-refractivity contribution in [2.75, 3.05) is 53.9 Å². The molecule has 368 valence electrons. The zero-order valence-corrected chi connectivity index (χ0v) is 41.9. The zero-order valence-electron chi connectivity index (χ0n) is 41.9. The fourth-order valence-electron chi connectivity index (χ4n) is 10.1. The summed E-state index contributed by atoms with van der Waals surface area (Å²) < 4.78 is 8.40. The molecule has 4 aromatic rings. The summed E-state index contributed by atoms with van der Waals surface area (Å²) in [7, 11) is 5.32. The molecule has 0 saturated carbocycles.